The third kappa shape index (κ3) is 6.38. The molecule has 0 rings (SSSR count). The molecule has 0 radical (unpaired) electrons. The van der Waals surface area contributed by atoms with Crippen LogP contribution in [0.4, 0.5) is 0 Å². The lowest BCUT2D eigenvalue weighted by atomic mass is 10.1. The first kappa shape index (κ1) is 12.9. The molecule has 0 bridgehead atoms. The lowest BCUT2D eigenvalue weighted by molar-refractivity contribution is -0.146. The van der Waals surface area contributed by atoms with Gasteiger partial charge in [-0.1, -0.05) is 19.8 Å². The van der Waals surface area contributed by atoms with Crippen molar-refractivity contribution in [3.63, 3.8) is 0 Å². The summed E-state index contributed by atoms with van der Waals surface area (Å²) >= 11 is 0. The van der Waals surface area contributed by atoms with Crippen molar-refractivity contribution in [2.75, 3.05) is 6.61 Å². The molecule has 1 atom stereocenters. The average molecular weight is 204 g/mol. The molecule has 0 fully saturated rings. The first-order valence-electron chi connectivity index (χ1n) is 4.46. The van der Waals surface area contributed by atoms with Gasteiger partial charge in [0.25, 0.3) is 0 Å². The second-order valence-corrected chi connectivity index (χ2v) is 2.91. The number of nitrogens with one attached hydrogen (secondary N) is 1. The lowest BCUT2D eigenvalue weighted by Gasteiger charge is -2.12. The van der Waals surface area contributed by atoms with Crippen molar-refractivity contribution in [3.8, 4) is 0 Å². The lowest BCUT2D eigenvalue weighted by Crippen LogP contribution is -2.38. The smallest absolute Gasteiger partial charge is 0.323 e. The van der Waals surface area contributed by atoms with E-state index in [4.69, 9.17) is 10.8 Å². The highest BCUT2D eigenvalue weighted by Crippen LogP contribution is 2.00. The van der Waals surface area contributed by atoms with E-state index in [0.717, 1.165) is 12.8 Å². The summed E-state index contributed by atoms with van der Waals surface area (Å²) in [5.74, 6) is -1.64. The number of aliphatic carboxylic acids is 1. The van der Waals surface area contributed by atoms with E-state index in [-0.39, 0.29) is 6.61 Å². The number of carboxylic acids is 1. The molecule has 6 nitrogen and oxygen atoms in total. The Hall–Kier alpha value is -1.14. The van der Waals surface area contributed by atoms with E-state index in [1.165, 1.54) is 0 Å². The zero-order valence-corrected chi connectivity index (χ0v) is 8.16. The Morgan fingerprint density at radius 3 is 2.64 bits per heavy atom. The molecule has 14 heavy (non-hydrogen) atoms. The maximum absolute atomic E-state index is 10.6. The fourth-order valence-corrected chi connectivity index (χ4v) is 0.854. The van der Waals surface area contributed by atoms with Crippen LogP contribution in [0.5, 0.6) is 0 Å². The van der Waals surface area contributed by atoms with Crippen LogP contribution < -0.4 is 11.2 Å². The molecule has 0 saturated heterocycles. The molecule has 1 amide bonds. The summed E-state index contributed by atoms with van der Waals surface area (Å²) in [6.07, 6.45) is 2.15. The third-order valence-electron chi connectivity index (χ3n) is 1.58. The van der Waals surface area contributed by atoms with Crippen LogP contribution in [0.25, 0.3) is 0 Å². The minimum atomic E-state index is -0.997. The van der Waals surface area contributed by atoms with Gasteiger partial charge in [0.05, 0.1) is 0 Å². The first-order chi connectivity index (χ1) is 6.57. The Bertz CT molecular complexity index is 196. The zero-order chi connectivity index (χ0) is 11.0. The summed E-state index contributed by atoms with van der Waals surface area (Å²) in [5, 5.41) is 8.71. The van der Waals surface area contributed by atoms with E-state index < -0.39 is 17.9 Å². The number of carbonyl (C=O) groups excluding carboxylic acids is 1. The Labute approximate surface area is 82.4 Å². The highest BCUT2D eigenvalue weighted by molar-refractivity contribution is 5.75. The van der Waals surface area contributed by atoms with E-state index in [1.54, 1.807) is 0 Å². The minimum Gasteiger partial charge on any atom is -0.480 e. The number of unbranched alkanes of at least 4 members (excludes halogenated alkanes) is 1. The monoisotopic (exact) mass is 204 g/mol. The summed E-state index contributed by atoms with van der Waals surface area (Å²) in [5.41, 5.74) is 7.09. The van der Waals surface area contributed by atoms with Gasteiger partial charge >= 0.3 is 5.97 Å². The maximum atomic E-state index is 10.6. The molecular formula is C8H16N2O4. The van der Waals surface area contributed by atoms with E-state index in [1.807, 2.05) is 6.92 Å². The molecule has 0 spiro atoms. The fraction of sp³-hybridized carbons (Fsp3) is 0.750. The summed E-state index contributed by atoms with van der Waals surface area (Å²) in [6.45, 7) is 1.64. The quantitative estimate of drug-likeness (QED) is 0.468. The van der Waals surface area contributed by atoms with Crippen molar-refractivity contribution in [3.05, 3.63) is 0 Å². The fourth-order valence-electron chi connectivity index (χ4n) is 0.854. The van der Waals surface area contributed by atoms with Crippen LogP contribution in [0.2, 0.25) is 0 Å². The molecule has 0 saturated carbocycles. The van der Waals surface area contributed by atoms with E-state index in [0.29, 0.717) is 6.42 Å². The van der Waals surface area contributed by atoms with Crippen molar-refractivity contribution in [2.24, 2.45) is 5.73 Å². The van der Waals surface area contributed by atoms with Gasteiger partial charge in [0.1, 0.15) is 12.6 Å². The van der Waals surface area contributed by atoms with Crippen LogP contribution in [0.15, 0.2) is 0 Å². The number of carbonyl (C=O) groups is 2. The van der Waals surface area contributed by atoms with Crippen molar-refractivity contribution in [1.82, 2.24) is 5.48 Å². The molecule has 0 aliphatic carbocycles. The molecule has 0 aromatic heterocycles. The van der Waals surface area contributed by atoms with Crippen molar-refractivity contribution < 1.29 is 19.5 Å². The van der Waals surface area contributed by atoms with Gasteiger partial charge in [-0.2, -0.15) is 5.48 Å². The summed E-state index contributed by atoms with van der Waals surface area (Å²) < 4.78 is 0. The predicted octanol–water partition coefficient (Wildman–Crippen LogP) is -0.364. The summed E-state index contributed by atoms with van der Waals surface area (Å²) in [7, 11) is 0. The van der Waals surface area contributed by atoms with Crippen molar-refractivity contribution in [1.29, 1.82) is 0 Å². The van der Waals surface area contributed by atoms with Crippen molar-refractivity contribution in [2.45, 2.75) is 32.2 Å². The molecule has 0 aromatic rings. The molecule has 0 heterocycles. The number of carboxylic acid groups (broad SMARTS) is 1. The zero-order valence-electron chi connectivity index (χ0n) is 8.16. The van der Waals surface area contributed by atoms with Crippen LogP contribution in [-0.4, -0.2) is 29.6 Å². The molecule has 0 aliphatic heterocycles. The molecule has 6 heteroatoms. The van der Waals surface area contributed by atoms with Gasteiger partial charge in [-0.25, -0.2) is 0 Å². The minimum absolute atomic E-state index is 0.324. The Morgan fingerprint density at radius 1 is 1.57 bits per heavy atom. The van der Waals surface area contributed by atoms with Gasteiger partial charge < -0.3 is 10.8 Å². The third-order valence-corrected chi connectivity index (χ3v) is 1.58. The molecule has 0 aromatic carbocycles. The Kier molecular flexibility index (Phi) is 6.69. The maximum Gasteiger partial charge on any atom is 0.323 e. The summed E-state index contributed by atoms with van der Waals surface area (Å²) in [4.78, 5) is 25.5. The van der Waals surface area contributed by atoms with Gasteiger partial charge in [-0.15, -0.1) is 0 Å². The van der Waals surface area contributed by atoms with Gasteiger partial charge in [-0.3, -0.25) is 14.4 Å². The number of amides is 1. The van der Waals surface area contributed by atoms with Gasteiger partial charge in [0, 0.05) is 0 Å². The topological polar surface area (TPSA) is 102 Å². The Balaban J connectivity index is 3.73. The molecule has 0 aliphatic rings. The van der Waals surface area contributed by atoms with Crippen LogP contribution >= 0.6 is 0 Å². The second-order valence-electron chi connectivity index (χ2n) is 2.91. The predicted molar refractivity (Wildman–Crippen MR) is 49.2 cm³/mol. The standard InChI is InChI=1S/C8H16N2O4/c1-2-3-4-6(8(12)13)10-14-5-7(9)11/h6,10H,2-5H2,1H3,(H2,9,11)(H,12,13). The number of primary amides is 1. The van der Waals surface area contributed by atoms with Crippen LogP contribution in [0, 0.1) is 0 Å². The van der Waals surface area contributed by atoms with Crippen LogP contribution in [0.3, 0.4) is 0 Å². The molecule has 1 unspecified atom stereocenters. The number of hydrogen-bond acceptors (Lipinski definition) is 4. The normalized spacial score (nSPS) is 12.4. The largest absolute Gasteiger partial charge is 0.480 e. The number of rotatable bonds is 8. The first-order valence-corrected chi connectivity index (χ1v) is 4.46. The number of hydrogen-bond donors (Lipinski definition) is 3. The van der Waals surface area contributed by atoms with E-state index in [9.17, 15) is 9.59 Å². The molecule has 82 valence electrons. The SMILES string of the molecule is CCCCC(NOCC(N)=O)C(=O)O. The van der Waals surface area contributed by atoms with E-state index in [2.05, 4.69) is 10.3 Å². The molecular weight excluding hydrogens is 188 g/mol. The van der Waals surface area contributed by atoms with Gasteiger partial charge in [0.15, 0.2) is 0 Å². The average Bonchev–Trinajstić information content (AvgIpc) is 2.09. The Morgan fingerprint density at radius 2 is 2.21 bits per heavy atom. The number of hydroxylamine groups is 1. The number of nitrogens with two attached hydrogens (primary N) is 1. The van der Waals surface area contributed by atoms with Crippen LogP contribution in [-0.2, 0) is 14.4 Å². The van der Waals surface area contributed by atoms with Gasteiger partial charge in [0.2, 0.25) is 5.91 Å². The van der Waals surface area contributed by atoms with Crippen molar-refractivity contribution >= 4 is 11.9 Å². The van der Waals surface area contributed by atoms with Crippen LogP contribution in [0.1, 0.15) is 26.2 Å². The highest BCUT2D eigenvalue weighted by Gasteiger charge is 2.16. The highest BCUT2D eigenvalue weighted by atomic mass is 16.6. The second kappa shape index (κ2) is 7.28. The van der Waals surface area contributed by atoms with E-state index >= 15 is 0 Å². The molecule has 4 N–H and O–H groups in total. The van der Waals surface area contributed by atoms with Gasteiger partial charge in [-0.05, 0) is 6.42 Å². The summed E-state index contributed by atoms with van der Waals surface area (Å²) in [6, 6.07) is -0.783.